The molecule has 0 fully saturated rings. The van der Waals surface area contributed by atoms with Crippen LogP contribution in [0.15, 0.2) is 12.3 Å². The fourth-order valence-electron chi connectivity index (χ4n) is 2.21. The van der Waals surface area contributed by atoms with Crippen LogP contribution in [0.3, 0.4) is 0 Å². The van der Waals surface area contributed by atoms with E-state index in [0.29, 0.717) is 6.04 Å². The molecule has 3 nitrogen and oxygen atoms in total. The van der Waals surface area contributed by atoms with Crippen molar-refractivity contribution < 1.29 is 0 Å². The summed E-state index contributed by atoms with van der Waals surface area (Å²) in [6, 6.07) is 2.64. The van der Waals surface area contributed by atoms with Gasteiger partial charge in [-0.1, -0.05) is 27.7 Å². The maximum absolute atomic E-state index is 5.81. The third-order valence-corrected chi connectivity index (χ3v) is 3.85. The molecule has 1 rings (SSSR count). The fraction of sp³-hybridized carbons (Fsp3) is 0.800. The highest BCUT2D eigenvalue weighted by atomic mass is 35.5. The van der Waals surface area contributed by atoms with Crippen molar-refractivity contribution in [3.05, 3.63) is 18.0 Å². The lowest BCUT2D eigenvalue weighted by molar-refractivity contribution is 0.328. The summed E-state index contributed by atoms with van der Waals surface area (Å²) in [6.45, 7) is 10.7. The topological polar surface area (TPSA) is 29.9 Å². The minimum Gasteiger partial charge on any atom is -0.311 e. The molecule has 4 heteroatoms. The maximum atomic E-state index is 5.81. The largest absolute Gasteiger partial charge is 0.311 e. The van der Waals surface area contributed by atoms with E-state index >= 15 is 0 Å². The minimum atomic E-state index is 0.250. The number of nitrogens with one attached hydrogen (secondary N) is 1. The van der Waals surface area contributed by atoms with Gasteiger partial charge in [0.25, 0.3) is 0 Å². The van der Waals surface area contributed by atoms with Crippen LogP contribution in [-0.2, 0) is 6.54 Å². The molecule has 0 aliphatic rings. The van der Waals surface area contributed by atoms with Gasteiger partial charge in [-0.15, -0.1) is 11.6 Å². The van der Waals surface area contributed by atoms with Crippen LogP contribution in [0.25, 0.3) is 0 Å². The second kappa shape index (κ2) is 7.91. The summed E-state index contributed by atoms with van der Waals surface area (Å²) < 4.78 is 2.10. The van der Waals surface area contributed by atoms with E-state index in [4.69, 9.17) is 11.6 Å². The molecule has 0 spiro atoms. The lowest BCUT2D eigenvalue weighted by Gasteiger charge is -2.23. The third-order valence-electron chi connectivity index (χ3n) is 3.66. The Morgan fingerprint density at radius 1 is 1.37 bits per heavy atom. The van der Waals surface area contributed by atoms with Crippen molar-refractivity contribution in [2.75, 3.05) is 12.4 Å². The van der Waals surface area contributed by atoms with Crippen LogP contribution >= 0.6 is 11.6 Å². The van der Waals surface area contributed by atoms with Crippen LogP contribution in [0.5, 0.6) is 0 Å². The van der Waals surface area contributed by atoms with E-state index in [1.165, 1.54) is 0 Å². The molecule has 19 heavy (non-hydrogen) atoms. The molecule has 0 aliphatic heterocycles. The summed E-state index contributed by atoms with van der Waals surface area (Å²) in [5.41, 5.74) is 1.37. The molecule has 0 aliphatic carbocycles. The first kappa shape index (κ1) is 16.5. The van der Waals surface area contributed by atoms with Crippen molar-refractivity contribution in [1.29, 1.82) is 0 Å². The minimum absolute atomic E-state index is 0.250. The first-order valence-corrected chi connectivity index (χ1v) is 7.86. The second-order valence-electron chi connectivity index (χ2n) is 5.96. The van der Waals surface area contributed by atoms with Gasteiger partial charge >= 0.3 is 0 Å². The predicted octanol–water partition coefficient (Wildman–Crippen LogP) is 3.99. The number of halogens is 1. The average molecular weight is 286 g/mol. The van der Waals surface area contributed by atoms with Crippen LogP contribution < -0.4 is 5.32 Å². The first-order chi connectivity index (χ1) is 9.02. The standard InChI is InChI=1S/C15H28ClN3/c1-5-14(6-2)19-10-7-13(18-19)11-17-12-15(3,4)8-9-16/h7,10,14,17H,5-6,8-9,11-12H2,1-4H3. The zero-order chi connectivity index (χ0) is 14.3. The molecule has 1 heterocycles. The third kappa shape index (κ3) is 5.53. The molecule has 1 N–H and O–H groups in total. The van der Waals surface area contributed by atoms with Gasteiger partial charge in [-0.2, -0.15) is 5.10 Å². The lowest BCUT2D eigenvalue weighted by Crippen LogP contribution is -2.29. The van der Waals surface area contributed by atoms with Crippen molar-refractivity contribution in [2.45, 2.75) is 59.5 Å². The monoisotopic (exact) mass is 285 g/mol. The van der Waals surface area contributed by atoms with Gasteiger partial charge in [0.05, 0.1) is 11.7 Å². The van der Waals surface area contributed by atoms with E-state index in [1.807, 2.05) is 0 Å². The molecular weight excluding hydrogens is 258 g/mol. The van der Waals surface area contributed by atoms with Gasteiger partial charge in [0.2, 0.25) is 0 Å². The Labute approximate surface area is 122 Å². The van der Waals surface area contributed by atoms with Crippen LogP contribution in [0.2, 0.25) is 0 Å². The van der Waals surface area contributed by atoms with E-state index in [2.05, 4.69) is 55.1 Å². The number of hydrogen-bond acceptors (Lipinski definition) is 2. The van der Waals surface area contributed by atoms with Crippen LogP contribution in [0.4, 0.5) is 0 Å². The van der Waals surface area contributed by atoms with Gasteiger partial charge in [0.15, 0.2) is 0 Å². The summed E-state index contributed by atoms with van der Waals surface area (Å²) in [7, 11) is 0. The smallest absolute Gasteiger partial charge is 0.0762 e. The van der Waals surface area contributed by atoms with Gasteiger partial charge < -0.3 is 5.32 Å². The molecule has 0 radical (unpaired) electrons. The number of hydrogen-bond donors (Lipinski definition) is 1. The Morgan fingerprint density at radius 2 is 2.05 bits per heavy atom. The zero-order valence-electron chi connectivity index (χ0n) is 12.7. The Hall–Kier alpha value is -0.540. The maximum Gasteiger partial charge on any atom is 0.0762 e. The average Bonchev–Trinajstić information content (AvgIpc) is 2.79. The highest BCUT2D eigenvalue weighted by molar-refractivity contribution is 6.17. The fourth-order valence-corrected chi connectivity index (χ4v) is 2.72. The SMILES string of the molecule is CCC(CC)n1ccc(CNCC(C)(C)CCCl)n1. The van der Waals surface area contributed by atoms with E-state index in [9.17, 15) is 0 Å². The number of nitrogens with zero attached hydrogens (tertiary/aromatic N) is 2. The molecule has 0 aromatic carbocycles. The van der Waals surface area contributed by atoms with Crippen molar-refractivity contribution in [3.8, 4) is 0 Å². The number of rotatable bonds is 9. The molecule has 0 bridgehead atoms. The molecule has 1 aromatic rings. The highest BCUT2D eigenvalue weighted by Crippen LogP contribution is 2.19. The zero-order valence-corrected chi connectivity index (χ0v) is 13.5. The van der Waals surface area contributed by atoms with Crippen LogP contribution in [-0.4, -0.2) is 22.2 Å². The Kier molecular flexibility index (Phi) is 6.87. The van der Waals surface area contributed by atoms with Crippen LogP contribution in [0, 0.1) is 5.41 Å². The summed E-state index contributed by atoms with van der Waals surface area (Å²) in [4.78, 5) is 0. The second-order valence-corrected chi connectivity index (χ2v) is 6.34. The normalized spacial score (nSPS) is 12.3. The first-order valence-electron chi connectivity index (χ1n) is 7.33. The molecule has 110 valence electrons. The van der Waals surface area contributed by atoms with E-state index in [0.717, 1.165) is 43.9 Å². The summed E-state index contributed by atoms with van der Waals surface area (Å²) >= 11 is 5.81. The Balaban J connectivity index is 2.42. The van der Waals surface area contributed by atoms with Gasteiger partial charge in [0.1, 0.15) is 0 Å². The van der Waals surface area contributed by atoms with Crippen molar-refractivity contribution in [2.24, 2.45) is 5.41 Å². The Morgan fingerprint density at radius 3 is 2.63 bits per heavy atom. The van der Waals surface area contributed by atoms with E-state index in [1.54, 1.807) is 0 Å². The van der Waals surface area contributed by atoms with Crippen LogP contribution in [0.1, 0.15) is 58.7 Å². The number of aromatic nitrogens is 2. The van der Waals surface area contributed by atoms with Crippen molar-refractivity contribution >= 4 is 11.6 Å². The van der Waals surface area contributed by atoms with E-state index in [-0.39, 0.29) is 5.41 Å². The highest BCUT2D eigenvalue weighted by Gasteiger charge is 2.16. The molecule has 0 saturated carbocycles. The molecule has 1 aromatic heterocycles. The molecule has 0 saturated heterocycles. The van der Waals surface area contributed by atoms with Crippen molar-refractivity contribution in [3.63, 3.8) is 0 Å². The number of alkyl halides is 1. The summed E-state index contributed by atoms with van der Waals surface area (Å²) in [6.07, 6.45) is 5.39. The quantitative estimate of drug-likeness (QED) is 0.695. The molecule has 0 atom stereocenters. The van der Waals surface area contributed by atoms with Gasteiger partial charge in [0, 0.05) is 25.2 Å². The van der Waals surface area contributed by atoms with Crippen molar-refractivity contribution in [1.82, 2.24) is 15.1 Å². The van der Waals surface area contributed by atoms with Gasteiger partial charge in [-0.3, -0.25) is 4.68 Å². The lowest BCUT2D eigenvalue weighted by atomic mass is 9.90. The summed E-state index contributed by atoms with van der Waals surface area (Å²) in [5, 5.41) is 8.13. The molecule has 0 unspecified atom stereocenters. The molecule has 0 amide bonds. The predicted molar refractivity (Wildman–Crippen MR) is 82.7 cm³/mol. The molecular formula is C15H28ClN3. The van der Waals surface area contributed by atoms with Gasteiger partial charge in [-0.25, -0.2) is 0 Å². The van der Waals surface area contributed by atoms with Gasteiger partial charge in [-0.05, 0) is 30.7 Å². The summed E-state index contributed by atoms with van der Waals surface area (Å²) in [5.74, 6) is 0.720. The Bertz CT molecular complexity index is 356. The van der Waals surface area contributed by atoms with E-state index < -0.39 is 0 Å².